The Bertz CT molecular complexity index is 717. The number of hydrogen-bond acceptors (Lipinski definition) is 6. The van der Waals surface area contributed by atoms with Crippen LogP contribution in [-0.4, -0.2) is 46.0 Å². The minimum absolute atomic E-state index is 0.413. The van der Waals surface area contributed by atoms with E-state index < -0.39 is 0 Å². The Balaban J connectivity index is 1.56. The third-order valence-electron chi connectivity index (χ3n) is 5.48. The molecular weight excluding hydrogens is 300 g/mol. The zero-order chi connectivity index (χ0) is 16.5. The maximum atomic E-state index is 6.21. The van der Waals surface area contributed by atoms with E-state index in [2.05, 4.69) is 38.3 Å². The van der Waals surface area contributed by atoms with E-state index in [1.165, 1.54) is 31.2 Å². The first-order valence-corrected chi connectivity index (χ1v) is 9.07. The number of piperidine rings is 1. The molecule has 0 amide bonds. The van der Waals surface area contributed by atoms with Gasteiger partial charge in [0.15, 0.2) is 5.65 Å². The average Bonchev–Trinajstić information content (AvgIpc) is 3.11. The molecule has 2 fully saturated rings. The van der Waals surface area contributed by atoms with E-state index in [0.717, 1.165) is 31.3 Å². The summed E-state index contributed by atoms with van der Waals surface area (Å²) < 4.78 is 0. The highest BCUT2D eigenvalue weighted by Crippen LogP contribution is 2.35. The third-order valence-corrected chi connectivity index (χ3v) is 5.48. The molecule has 1 saturated heterocycles. The first kappa shape index (κ1) is 15.6. The zero-order valence-electron chi connectivity index (χ0n) is 14.3. The van der Waals surface area contributed by atoms with Gasteiger partial charge in [0.05, 0.1) is 5.39 Å². The summed E-state index contributed by atoms with van der Waals surface area (Å²) in [5.41, 5.74) is 8.19. The van der Waals surface area contributed by atoms with Crippen molar-refractivity contribution in [1.29, 1.82) is 0 Å². The van der Waals surface area contributed by atoms with Crippen LogP contribution in [-0.2, 0) is 0 Å². The van der Waals surface area contributed by atoms with Crippen molar-refractivity contribution in [3.05, 3.63) is 17.8 Å². The fraction of sp³-hybridized carbons (Fsp3) is 0.611. The molecule has 24 heavy (non-hydrogen) atoms. The summed E-state index contributed by atoms with van der Waals surface area (Å²) in [5.74, 6) is 1.76. The summed E-state index contributed by atoms with van der Waals surface area (Å²) in [5, 5.41) is 4.32. The maximum Gasteiger partial charge on any atom is 0.226 e. The molecule has 0 bridgehead atoms. The van der Waals surface area contributed by atoms with Crippen LogP contribution in [0.1, 0.15) is 50.0 Å². The molecule has 2 aromatic heterocycles. The largest absolute Gasteiger partial charge is 0.383 e. The molecule has 1 aliphatic carbocycles. The maximum absolute atomic E-state index is 6.21. The van der Waals surface area contributed by atoms with Gasteiger partial charge in [-0.1, -0.05) is 12.8 Å². The fourth-order valence-electron chi connectivity index (χ4n) is 3.93. The second kappa shape index (κ2) is 6.51. The molecule has 2 aliphatic rings. The number of anilines is 2. The van der Waals surface area contributed by atoms with E-state index in [9.17, 15) is 0 Å². The van der Waals surface area contributed by atoms with Crippen LogP contribution in [0.5, 0.6) is 0 Å². The zero-order valence-corrected chi connectivity index (χ0v) is 14.3. The second-order valence-electron chi connectivity index (χ2n) is 7.28. The summed E-state index contributed by atoms with van der Waals surface area (Å²) in [6.45, 7) is 2.20. The Morgan fingerprint density at radius 2 is 1.88 bits per heavy atom. The summed E-state index contributed by atoms with van der Waals surface area (Å²) in [6.07, 6.45) is 9.32. The number of nitrogens with one attached hydrogen (secondary N) is 1. The molecule has 2 aromatic rings. The minimum Gasteiger partial charge on any atom is -0.383 e. The van der Waals surface area contributed by atoms with E-state index in [1.54, 1.807) is 0 Å². The molecule has 4 rings (SSSR count). The van der Waals surface area contributed by atoms with Gasteiger partial charge in [0.1, 0.15) is 5.82 Å². The van der Waals surface area contributed by atoms with Gasteiger partial charge in [-0.3, -0.25) is 0 Å². The lowest BCUT2D eigenvalue weighted by molar-refractivity contribution is 0.263. The first-order chi connectivity index (χ1) is 11.7. The van der Waals surface area contributed by atoms with Gasteiger partial charge in [-0.25, -0.2) is 4.98 Å². The number of rotatable bonds is 3. The topological polar surface area (TPSA) is 80.0 Å². The number of likely N-dealkylation sites (tertiary alicyclic amines) is 1. The van der Waals surface area contributed by atoms with Crippen LogP contribution in [0.3, 0.4) is 0 Å². The Morgan fingerprint density at radius 3 is 2.62 bits per heavy atom. The summed E-state index contributed by atoms with van der Waals surface area (Å²) >= 11 is 0. The van der Waals surface area contributed by atoms with Crippen molar-refractivity contribution in [2.24, 2.45) is 0 Å². The van der Waals surface area contributed by atoms with Crippen LogP contribution in [0, 0.1) is 0 Å². The SMILES string of the molecule is CN1CCC(Nc2nc(N)c3cc(C4CCCC4)cnc3n2)CC1. The molecule has 6 heteroatoms. The van der Waals surface area contributed by atoms with Gasteiger partial charge >= 0.3 is 0 Å². The van der Waals surface area contributed by atoms with Crippen LogP contribution in [0.25, 0.3) is 11.0 Å². The second-order valence-corrected chi connectivity index (χ2v) is 7.28. The minimum atomic E-state index is 0.413. The molecular formula is C18H26N6. The Labute approximate surface area is 142 Å². The number of aromatic nitrogens is 3. The number of nitrogens with zero attached hydrogens (tertiary/aromatic N) is 4. The van der Waals surface area contributed by atoms with Crippen LogP contribution >= 0.6 is 0 Å². The van der Waals surface area contributed by atoms with E-state index in [-0.39, 0.29) is 0 Å². The standard InChI is InChI=1S/C18H26N6/c1-24-8-6-14(7-9-24)21-18-22-16(19)15-10-13(11-20-17(15)23-18)12-4-2-3-5-12/h10-12,14H,2-9H2,1H3,(H3,19,20,21,22,23). The lowest BCUT2D eigenvalue weighted by Crippen LogP contribution is -2.37. The van der Waals surface area contributed by atoms with Crippen LogP contribution in [0.4, 0.5) is 11.8 Å². The summed E-state index contributed by atoms with van der Waals surface area (Å²) in [6, 6.07) is 2.56. The van der Waals surface area contributed by atoms with Crippen LogP contribution in [0.2, 0.25) is 0 Å². The predicted molar refractivity (Wildman–Crippen MR) is 97.1 cm³/mol. The van der Waals surface area contributed by atoms with Gasteiger partial charge in [-0.05, 0) is 63.4 Å². The van der Waals surface area contributed by atoms with Gasteiger partial charge < -0.3 is 16.0 Å². The highest BCUT2D eigenvalue weighted by Gasteiger charge is 2.20. The molecule has 0 spiro atoms. The van der Waals surface area contributed by atoms with Crippen molar-refractivity contribution >= 4 is 22.8 Å². The van der Waals surface area contributed by atoms with Gasteiger partial charge in [0.25, 0.3) is 0 Å². The molecule has 0 unspecified atom stereocenters. The lowest BCUT2D eigenvalue weighted by atomic mass is 9.99. The summed E-state index contributed by atoms with van der Waals surface area (Å²) in [7, 11) is 2.16. The van der Waals surface area contributed by atoms with Gasteiger partial charge in [-0.15, -0.1) is 0 Å². The lowest BCUT2D eigenvalue weighted by Gasteiger charge is -2.29. The predicted octanol–water partition coefficient (Wildman–Crippen LogP) is 2.77. The molecule has 3 heterocycles. The molecule has 1 saturated carbocycles. The van der Waals surface area contributed by atoms with Gasteiger partial charge in [0, 0.05) is 12.2 Å². The Kier molecular flexibility index (Phi) is 4.22. The number of pyridine rings is 1. The molecule has 0 atom stereocenters. The van der Waals surface area contributed by atoms with E-state index in [4.69, 9.17) is 5.73 Å². The molecule has 0 radical (unpaired) electrons. The van der Waals surface area contributed by atoms with Gasteiger partial charge in [-0.2, -0.15) is 9.97 Å². The third kappa shape index (κ3) is 3.15. The smallest absolute Gasteiger partial charge is 0.226 e. The van der Waals surface area contributed by atoms with Gasteiger partial charge in [0.2, 0.25) is 5.95 Å². The summed E-state index contributed by atoms with van der Waals surface area (Å²) in [4.78, 5) is 16.0. The van der Waals surface area contributed by atoms with Crippen molar-refractivity contribution in [3.63, 3.8) is 0 Å². The number of fused-ring (bicyclic) bond motifs is 1. The number of nitrogens with two attached hydrogens (primary N) is 1. The highest BCUT2D eigenvalue weighted by molar-refractivity contribution is 5.86. The van der Waals surface area contributed by atoms with Crippen molar-refractivity contribution in [2.45, 2.75) is 50.5 Å². The molecule has 1 aliphatic heterocycles. The van der Waals surface area contributed by atoms with Crippen LogP contribution in [0.15, 0.2) is 12.3 Å². The first-order valence-electron chi connectivity index (χ1n) is 9.07. The van der Waals surface area contributed by atoms with Crippen molar-refractivity contribution in [3.8, 4) is 0 Å². The van der Waals surface area contributed by atoms with Crippen LogP contribution < -0.4 is 11.1 Å². The van der Waals surface area contributed by atoms with Crippen molar-refractivity contribution < 1.29 is 0 Å². The molecule has 128 valence electrons. The number of hydrogen-bond donors (Lipinski definition) is 2. The van der Waals surface area contributed by atoms with Crippen molar-refractivity contribution in [1.82, 2.24) is 19.9 Å². The normalized spacial score (nSPS) is 20.7. The average molecular weight is 326 g/mol. The number of nitrogen functional groups attached to an aromatic ring is 1. The van der Waals surface area contributed by atoms with E-state index in [1.807, 2.05) is 6.20 Å². The van der Waals surface area contributed by atoms with E-state index in [0.29, 0.717) is 29.4 Å². The Morgan fingerprint density at radius 1 is 1.12 bits per heavy atom. The molecule has 6 nitrogen and oxygen atoms in total. The monoisotopic (exact) mass is 326 g/mol. The van der Waals surface area contributed by atoms with Crippen molar-refractivity contribution in [2.75, 3.05) is 31.2 Å². The fourth-order valence-corrected chi connectivity index (χ4v) is 3.93. The van der Waals surface area contributed by atoms with E-state index >= 15 is 0 Å². The molecule has 0 aromatic carbocycles. The highest BCUT2D eigenvalue weighted by atomic mass is 15.2. The Hall–Kier alpha value is -1.95. The quantitative estimate of drug-likeness (QED) is 0.903. The molecule has 3 N–H and O–H groups in total.